The molecule has 0 fully saturated rings. The third-order valence-corrected chi connectivity index (χ3v) is 3.07. The number of hydrogen-bond acceptors (Lipinski definition) is 5. The van der Waals surface area contributed by atoms with Crippen LogP contribution in [0.1, 0.15) is 0 Å². The number of sulfonamides is 1. The molecule has 1 atom stereocenters. The summed E-state index contributed by atoms with van der Waals surface area (Å²) in [5.41, 5.74) is 0.0811. The number of halogens is 1. The Morgan fingerprint density at radius 3 is 2.72 bits per heavy atom. The molecule has 0 amide bonds. The number of nitrogens with one attached hydrogen (secondary N) is 1. The lowest BCUT2D eigenvalue weighted by molar-refractivity contribution is 0.0727. The molecule has 1 rings (SSSR count). The van der Waals surface area contributed by atoms with E-state index in [-0.39, 0.29) is 23.7 Å². The zero-order chi connectivity index (χ0) is 13.8. The third kappa shape index (κ3) is 4.22. The van der Waals surface area contributed by atoms with E-state index in [0.29, 0.717) is 0 Å². The van der Waals surface area contributed by atoms with E-state index in [1.165, 1.54) is 19.2 Å². The van der Waals surface area contributed by atoms with E-state index in [2.05, 4.69) is 5.32 Å². The number of ether oxygens (including phenoxy) is 1. The fraction of sp³-hybridized carbons (Fsp3) is 0.400. The van der Waals surface area contributed by atoms with Crippen molar-refractivity contribution in [2.45, 2.75) is 11.0 Å². The number of rotatable bonds is 6. The minimum Gasteiger partial charge on any atom is -0.389 e. The monoisotopic (exact) mass is 278 g/mol. The van der Waals surface area contributed by atoms with Gasteiger partial charge < -0.3 is 15.2 Å². The van der Waals surface area contributed by atoms with E-state index >= 15 is 0 Å². The first kappa shape index (κ1) is 14.8. The number of benzene rings is 1. The van der Waals surface area contributed by atoms with Gasteiger partial charge in [-0.25, -0.2) is 17.9 Å². The highest BCUT2D eigenvalue weighted by Crippen LogP contribution is 2.18. The van der Waals surface area contributed by atoms with Crippen molar-refractivity contribution in [2.24, 2.45) is 5.14 Å². The lowest BCUT2D eigenvalue weighted by Gasteiger charge is -2.12. The quantitative estimate of drug-likeness (QED) is 0.674. The van der Waals surface area contributed by atoms with Crippen molar-refractivity contribution in [3.63, 3.8) is 0 Å². The number of methoxy groups -OCH3 is 1. The maximum Gasteiger partial charge on any atom is 0.238 e. The molecule has 6 nitrogen and oxygen atoms in total. The van der Waals surface area contributed by atoms with E-state index in [9.17, 15) is 17.9 Å². The molecule has 0 saturated carbocycles. The number of aliphatic hydroxyl groups excluding tert-OH is 1. The van der Waals surface area contributed by atoms with E-state index in [0.717, 1.165) is 6.07 Å². The van der Waals surface area contributed by atoms with Gasteiger partial charge in [0.1, 0.15) is 5.82 Å². The van der Waals surface area contributed by atoms with E-state index in [1.807, 2.05) is 0 Å². The summed E-state index contributed by atoms with van der Waals surface area (Å²) in [7, 11) is -2.48. The highest BCUT2D eigenvalue weighted by Gasteiger charge is 2.12. The maximum absolute atomic E-state index is 13.5. The molecule has 0 aliphatic carbocycles. The van der Waals surface area contributed by atoms with Crippen LogP contribution in [-0.4, -0.2) is 39.9 Å². The zero-order valence-electron chi connectivity index (χ0n) is 9.76. The van der Waals surface area contributed by atoms with Gasteiger partial charge in [0.05, 0.1) is 23.3 Å². The molecule has 0 heterocycles. The second kappa shape index (κ2) is 6.10. The van der Waals surface area contributed by atoms with Crippen molar-refractivity contribution < 1.29 is 22.7 Å². The normalized spacial score (nSPS) is 13.3. The van der Waals surface area contributed by atoms with Crippen molar-refractivity contribution in [3.05, 3.63) is 24.0 Å². The molecule has 0 spiro atoms. The Morgan fingerprint density at radius 1 is 1.56 bits per heavy atom. The third-order valence-electron chi connectivity index (χ3n) is 2.16. The van der Waals surface area contributed by atoms with Crippen LogP contribution in [0.25, 0.3) is 0 Å². The second-order valence-electron chi connectivity index (χ2n) is 3.68. The summed E-state index contributed by atoms with van der Waals surface area (Å²) in [6.07, 6.45) is -0.785. The number of nitrogens with two attached hydrogens (primary N) is 1. The smallest absolute Gasteiger partial charge is 0.238 e. The lowest BCUT2D eigenvalue weighted by Crippen LogP contribution is -2.24. The minimum absolute atomic E-state index is 0.0811. The van der Waals surface area contributed by atoms with Crippen LogP contribution in [0.5, 0.6) is 0 Å². The van der Waals surface area contributed by atoms with Crippen molar-refractivity contribution in [2.75, 3.05) is 25.6 Å². The second-order valence-corrected chi connectivity index (χ2v) is 5.24. The molecule has 4 N–H and O–H groups in total. The molecule has 18 heavy (non-hydrogen) atoms. The highest BCUT2D eigenvalue weighted by atomic mass is 32.2. The summed E-state index contributed by atoms with van der Waals surface area (Å²) in [4.78, 5) is -0.303. The Hall–Kier alpha value is -1.22. The first-order valence-electron chi connectivity index (χ1n) is 5.08. The van der Waals surface area contributed by atoms with Crippen LogP contribution in [0.3, 0.4) is 0 Å². The molecule has 0 saturated heterocycles. The van der Waals surface area contributed by atoms with Crippen molar-refractivity contribution >= 4 is 15.7 Å². The number of aliphatic hydroxyl groups is 1. The average molecular weight is 278 g/mol. The summed E-state index contributed by atoms with van der Waals surface area (Å²) in [5.74, 6) is -0.758. The van der Waals surface area contributed by atoms with E-state index < -0.39 is 21.9 Å². The van der Waals surface area contributed by atoms with Crippen molar-refractivity contribution in [1.82, 2.24) is 0 Å². The van der Waals surface area contributed by atoms with Gasteiger partial charge in [-0.3, -0.25) is 0 Å². The summed E-state index contributed by atoms with van der Waals surface area (Å²) in [6.45, 7) is 0.198. The van der Waals surface area contributed by atoms with Gasteiger partial charge in [0.15, 0.2) is 0 Å². The Kier molecular flexibility index (Phi) is 5.03. The Labute approximate surface area is 105 Å². The molecular formula is C10H15FN2O4S. The van der Waals surface area contributed by atoms with Crippen LogP contribution in [0.15, 0.2) is 23.1 Å². The molecule has 0 radical (unpaired) electrons. The van der Waals surface area contributed by atoms with Crippen molar-refractivity contribution in [3.8, 4) is 0 Å². The Morgan fingerprint density at radius 2 is 2.22 bits per heavy atom. The molecule has 8 heteroatoms. The van der Waals surface area contributed by atoms with Crippen LogP contribution < -0.4 is 10.5 Å². The average Bonchev–Trinajstić information content (AvgIpc) is 2.26. The van der Waals surface area contributed by atoms with Gasteiger partial charge in [-0.1, -0.05) is 0 Å². The highest BCUT2D eigenvalue weighted by molar-refractivity contribution is 7.89. The molecule has 1 aromatic carbocycles. The first-order valence-corrected chi connectivity index (χ1v) is 6.62. The van der Waals surface area contributed by atoms with Crippen molar-refractivity contribution in [1.29, 1.82) is 0 Å². The minimum atomic E-state index is -3.92. The fourth-order valence-corrected chi connectivity index (χ4v) is 1.82. The summed E-state index contributed by atoms with van der Waals surface area (Å²) >= 11 is 0. The number of anilines is 1. The number of hydrogen-bond donors (Lipinski definition) is 3. The molecule has 0 aliphatic rings. The standard InChI is InChI=1S/C10H15FN2O4S/c1-17-6-7(14)5-13-10-3-2-8(4-9(10)11)18(12,15)16/h2-4,7,13-14H,5-6H2,1H3,(H2,12,15,16). The summed E-state index contributed by atoms with van der Waals surface area (Å²) in [5, 5.41) is 16.9. The van der Waals surface area contributed by atoms with Crippen LogP contribution >= 0.6 is 0 Å². The Bertz CT molecular complexity index is 507. The Balaban J connectivity index is 2.75. The molecular weight excluding hydrogens is 263 g/mol. The predicted molar refractivity (Wildman–Crippen MR) is 64.1 cm³/mol. The van der Waals surface area contributed by atoms with Crippen LogP contribution in [0.2, 0.25) is 0 Å². The maximum atomic E-state index is 13.5. The molecule has 1 aromatic rings. The zero-order valence-corrected chi connectivity index (χ0v) is 10.6. The molecule has 102 valence electrons. The van der Waals surface area contributed by atoms with Gasteiger partial charge in [0, 0.05) is 13.7 Å². The van der Waals surface area contributed by atoms with Gasteiger partial charge in [0.25, 0.3) is 0 Å². The molecule has 0 bridgehead atoms. The lowest BCUT2D eigenvalue weighted by atomic mass is 10.3. The predicted octanol–water partition coefficient (Wildman–Crippen LogP) is -0.108. The molecule has 1 unspecified atom stereocenters. The van der Waals surface area contributed by atoms with Crippen LogP contribution in [-0.2, 0) is 14.8 Å². The molecule has 0 aromatic heterocycles. The summed E-state index contributed by atoms with van der Waals surface area (Å²) in [6, 6.07) is 3.25. The fourth-order valence-electron chi connectivity index (χ4n) is 1.30. The first-order chi connectivity index (χ1) is 8.34. The van der Waals surface area contributed by atoms with Gasteiger partial charge in [0.2, 0.25) is 10.0 Å². The largest absolute Gasteiger partial charge is 0.389 e. The SMILES string of the molecule is COCC(O)CNc1ccc(S(N)(=O)=O)cc1F. The topological polar surface area (TPSA) is 102 Å². The summed E-state index contributed by atoms with van der Waals surface area (Å²) < 4.78 is 40.2. The van der Waals surface area contributed by atoms with Gasteiger partial charge in [-0.05, 0) is 18.2 Å². The van der Waals surface area contributed by atoms with Crippen LogP contribution in [0.4, 0.5) is 10.1 Å². The molecule has 0 aliphatic heterocycles. The van der Waals surface area contributed by atoms with Crippen LogP contribution in [0, 0.1) is 5.82 Å². The van der Waals surface area contributed by atoms with E-state index in [4.69, 9.17) is 9.88 Å². The van der Waals surface area contributed by atoms with Gasteiger partial charge >= 0.3 is 0 Å². The van der Waals surface area contributed by atoms with Gasteiger partial charge in [-0.15, -0.1) is 0 Å². The van der Waals surface area contributed by atoms with Gasteiger partial charge in [-0.2, -0.15) is 0 Å². The number of primary sulfonamides is 1. The van der Waals surface area contributed by atoms with E-state index in [1.54, 1.807) is 0 Å².